The SMILES string of the molecule is Cl.O=C(NC1CCCCC1)[C@@]12CCCC[C@H]1CNC2. The molecule has 1 heterocycles. The van der Waals surface area contributed by atoms with Crippen LogP contribution in [0.5, 0.6) is 0 Å². The van der Waals surface area contributed by atoms with Crippen LogP contribution in [0.2, 0.25) is 0 Å². The molecule has 0 aromatic heterocycles. The predicted octanol–water partition coefficient (Wildman–Crippen LogP) is 2.64. The third-order valence-electron chi connectivity index (χ3n) is 5.43. The molecule has 3 rings (SSSR count). The van der Waals surface area contributed by atoms with E-state index in [1.807, 2.05) is 0 Å². The minimum absolute atomic E-state index is 0. The van der Waals surface area contributed by atoms with Crippen LogP contribution in [0.15, 0.2) is 0 Å². The van der Waals surface area contributed by atoms with Gasteiger partial charge in [-0.25, -0.2) is 0 Å². The maximum Gasteiger partial charge on any atom is 0.228 e. The molecule has 0 bridgehead atoms. The van der Waals surface area contributed by atoms with Crippen molar-refractivity contribution < 1.29 is 4.79 Å². The first kappa shape index (κ1) is 15.1. The van der Waals surface area contributed by atoms with Crippen LogP contribution in [0, 0.1) is 11.3 Å². The van der Waals surface area contributed by atoms with Gasteiger partial charge in [0.05, 0.1) is 5.41 Å². The van der Waals surface area contributed by atoms with E-state index in [0.29, 0.717) is 17.9 Å². The zero-order valence-electron chi connectivity index (χ0n) is 11.7. The average molecular weight is 287 g/mol. The molecule has 4 heteroatoms. The number of carbonyl (C=O) groups excluding carboxylic acids is 1. The fraction of sp³-hybridized carbons (Fsp3) is 0.933. The predicted molar refractivity (Wildman–Crippen MR) is 79.5 cm³/mol. The second-order valence-corrected chi connectivity index (χ2v) is 6.54. The molecule has 1 aliphatic heterocycles. The van der Waals surface area contributed by atoms with Crippen LogP contribution < -0.4 is 10.6 Å². The van der Waals surface area contributed by atoms with Gasteiger partial charge in [0.25, 0.3) is 0 Å². The van der Waals surface area contributed by atoms with E-state index < -0.39 is 0 Å². The summed E-state index contributed by atoms with van der Waals surface area (Å²) in [6, 6.07) is 0.462. The summed E-state index contributed by atoms with van der Waals surface area (Å²) in [7, 11) is 0. The van der Waals surface area contributed by atoms with Crippen LogP contribution in [0.4, 0.5) is 0 Å². The molecule has 0 spiro atoms. The molecule has 2 atom stereocenters. The summed E-state index contributed by atoms with van der Waals surface area (Å²) in [5.74, 6) is 0.957. The number of nitrogens with one attached hydrogen (secondary N) is 2. The van der Waals surface area contributed by atoms with Gasteiger partial charge in [0.15, 0.2) is 0 Å². The van der Waals surface area contributed by atoms with E-state index in [4.69, 9.17) is 0 Å². The number of hydrogen-bond acceptors (Lipinski definition) is 2. The molecule has 0 unspecified atom stereocenters. The Labute approximate surface area is 122 Å². The summed E-state index contributed by atoms with van der Waals surface area (Å²) >= 11 is 0. The van der Waals surface area contributed by atoms with Gasteiger partial charge < -0.3 is 10.6 Å². The van der Waals surface area contributed by atoms with Crippen molar-refractivity contribution in [2.24, 2.45) is 11.3 Å². The highest BCUT2D eigenvalue weighted by atomic mass is 35.5. The lowest BCUT2D eigenvalue weighted by atomic mass is 9.67. The topological polar surface area (TPSA) is 41.1 Å². The molecule has 1 amide bonds. The van der Waals surface area contributed by atoms with Crippen molar-refractivity contribution >= 4 is 18.3 Å². The quantitative estimate of drug-likeness (QED) is 0.819. The first-order valence-corrected chi connectivity index (χ1v) is 7.83. The number of hydrogen-bond donors (Lipinski definition) is 2. The highest BCUT2D eigenvalue weighted by Gasteiger charge is 2.50. The van der Waals surface area contributed by atoms with E-state index in [2.05, 4.69) is 10.6 Å². The van der Waals surface area contributed by atoms with Crippen LogP contribution in [0.25, 0.3) is 0 Å². The molecular weight excluding hydrogens is 260 g/mol. The van der Waals surface area contributed by atoms with Gasteiger partial charge in [-0.1, -0.05) is 32.1 Å². The molecule has 3 aliphatic rings. The molecule has 110 valence electrons. The molecule has 2 N–H and O–H groups in total. The molecule has 2 aliphatic carbocycles. The van der Waals surface area contributed by atoms with Crippen LogP contribution in [-0.2, 0) is 4.79 Å². The normalized spacial score (nSPS) is 35.3. The molecule has 1 saturated heterocycles. The van der Waals surface area contributed by atoms with Gasteiger partial charge >= 0.3 is 0 Å². The number of rotatable bonds is 2. The Morgan fingerprint density at radius 2 is 1.79 bits per heavy atom. The molecule has 19 heavy (non-hydrogen) atoms. The summed E-state index contributed by atoms with van der Waals surface area (Å²) < 4.78 is 0. The first-order chi connectivity index (χ1) is 8.81. The van der Waals surface area contributed by atoms with E-state index in [9.17, 15) is 4.79 Å². The molecule has 0 aromatic carbocycles. The zero-order valence-corrected chi connectivity index (χ0v) is 12.6. The maximum atomic E-state index is 12.7. The lowest BCUT2D eigenvalue weighted by Crippen LogP contribution is -2.51. The lowest BCUT2D eigenvalue weighted by molar-refractivity contribution is -0.135. The third kappa shape index (κ3) is 2.92. The summed E-state index contributed by atoms with van der Waals surface area (Å²) in [5, 5.41) is 6.83. The maximum absolute atomic E-state index is 12.7. The number of carbonyl (C=O) groups is 1. The van der Waals surface area contributed by atoms with E-state index >= 15 is 0 Å². The van der Waals surface area contributed by atoms with E-state index in [1.54, 1.807) is 0 Å². The Morgan fingerprint density at radius 3 is 2.58 bits per heavy atom. The minimum Gasteiger partial charge on any atom is -0.353 e. The van der Waals surface area contributed by atoms with Gasteiger partial charge in [0, 0.05) is 12.6 Å². The van der Waals surface area contributed by atoms with Crippen molar-refractivity contribution in [1.82, 2.24) is 10.6 Å². The fourth-order valence-electron chi connectivity index (χ4n) is 4.27. The zero-order chi connectivity index (χ0) is 12.4. The van der Waals surface area contributed by atoms with Gasteiger partial charge in [-0.3, -0.25) is 4.79 Å². The Bertz CT molecular complexity index is 317. The van der Waals surface area contributed by atoms with Crippen molar-refractivity contribution in [3.8, 4) is 0 Å². The Morgan fingerprint density at radius 1 is 1.05 bits per heavy atom. The van der Waals surface area contributed by atoms with Crippen LogP contribution >= 0.6 is 12.4 Å². The van der Waals surface area contributed by atoms with Gasteiger partial charge in [-0.15, -0.1) is 12.4 Å². The van der Waals surface area contributed by atoms with E-state index in [0.717, 1.165) is 19.5 Å². The number of amides is 1. The van der Waals surface area contributed by atoms with Crippen LogP contribution in [0.3, 0.4) is 0 Å². The Hall–Kier alpha value is -0.280. The monoisotopic (exact) mass is 286 g/mol. The summed E-state index contributed by atoms with van der Waals surface area (Å²) in [6.45, 7) is 1.97. The molecular formula is C15H27ClN2O. The molecule has 3 fully saturated rings. The van der Waals surface area contributed by atoms with Gasteiger partial charge in [-0.2, -0.15) is 0 Å². The molecule has 0 radical (unpaired) electrons. The highest BCUT2D eigenvalue weighted by Crippen LogP contribution is 2.44. The van der Waals surface area contributed by atoms with Crippen molar-refractivity contribution in [2.75, 3.05) is 13.1 Å². The summed E-state index contributed by atoms with van der Waals surface area (Å²) in [5.41, 5.74) is -0.0598. The Kier molecular flexibility index (Phi) is 5.13. The third-order valence-corrected chi connectivity index (χ3v) is 5.43. The standard InChI is InChI=1S/C15H26N2O.ClH/c18-14(17-13-7-2-1-3-8-13)15-9-5-4-6-12(15)10-16-11-15;/h12-13,16H,1-11H2,(H,17,18);1H/t12-,15+;/m0./s1. The minimum atomic E-state index is -0.0598. The Balaban J connectivity index is 0.00000133. The average Bonchev–Trinajstić information content (AvgIpc) is 2.85. The van der Waals surface area contributed by atoms with Crippen molar-refractivity contribution in [3.05, 3.63) is 0 Å². The van der Waals surface area contributed by atoms with Crippen molar-refractivity contribution in [2.45, 2.75) is 63.8 Å². The van der Waals surface area contributed by atoms with Gasteiger partial charge in [0.1, 0.15) is 0 Å². The molecule has 2 saturated carbocycles. The highest BCUT2D eigenvalue weighted by molar-refractivity contribution is 5.85. The second kappa shape index (κ2) is 6.45. The van der Waals surface area contributed by atoms with E-state index in [1.165, 1.54) is 51.4 Å². The largest absolute Gasteiger partial charge is 0.353 e. The van der Waals surface area contributed by atoms with Gasteiger partial charge in [0.2, 0.25) is 5.91 Å². The van der Waals surface area contributed by atoms with Crippen molar-refractivity contribution in [3.63, 3.8) is 0 Å². The number of halogens is 1. The molecule has 3 nitrogen and oxygen atoms in total. The smallest absolute Gasteiger partial charge is 0.228 e. The van der Waals surface area contributed by atoms with Crippen LogP contribution in [-0.4, -0.2) is 25.0 Å². The van der Waals surface area contributed by atoms with Crippen LogP contribution in [0.1, 0.15) is 57.8 Å². The lowest BCUT2D eigenvalue weighted by Gasteiger charge is -2.38. The second-order valence-electron chi connectivity index (χ2n) is 6.54. The molecule has 0 aromatic rings. The summed E-state index contributed by atoms with van der Waals surface area (Å²) in [6.07, 6.45) is 11.2. The number of fused-ring (bicyclic) bond motifs is 1. The summed E-state index contributed by atoms with van der Waals surface area (Å²) in [4.78, 5) is 12.7. The van der Waals surface area contributed by atoms with E-state index in [-0.39, 0.29) is 17.8 Å². The fourth-order valence-corrected chi connectivity index (χ4v) is 4.27. The van der Waals surface area contributed by atoms with Crippen molar-refractivity contribution in [1.29, 1.82) is 0 Å². The first-order valence-electron chi connectivity index (χ1n) is 7.83. The van der Waals surface area contributed by atoms with Gasteiger partial charge in [-0.05, 0) is 38.1 Å².